The molecule has 0 saturated heterocycles. The predicted molar refractivity (Wildman–Crippen MR) is 104 cm³/mol. The van der Waals surface area contributed by atoms with E-state index in [1.54, 1.807) is 7.11 Å². The number of methoxy groups -OCH3 is 1. The SMILES string of the molecule is CCOc1ccc(C[NH+](C)CC(=O)c2[nH]c(C)c(C(C)=O)c2C)cc1OC. The van der Waals surface area contributed by atoms with Gasteiger partial charge in [-0.25, -0.2) is 0 Å². The van der Waals surface area contributed by atoms with Gasteiger partial charge in [0.2, 0.25) is 5.78 Å². The molecule has 1 heterocycles. The predicted octanol–water partition coefficient (Wildman–Crippen LogP) is 2.14. The van der Waals surface area contributed by atoms with Crippen molar-refractivity contribution in [3.63, 3.8) is 0 Å². The highest BCUT2D eigenvalue weighted by Gasteiger charge is 2.22. The van der Waals surface area contributed by atoms with Crippen LogP contribution in [0.5, 0.6) is 11.5 Å². The Morgan fingerprint density at radius 3 is 2.44 bits per heavy atom. The average molecular weight is 373 g/mol. The number of likely N-dealkylation sites (N-methyl/N-ethyl adjacent to an activating group) is 1. The fourth-order valence-electron chi connectivity index (χ4n) is 3.43. The van der Waals surface area contributed by atoms with E-state index < -0.39 is 0 Å². The lowest BCUT2D eigenvalue weighted by Gasteiger charge is -2.15. The number of carbonyl (C=O) groups excluding carboxylic acids is 2. The maximum atomic E-state index is 12.7. The summed E-state index contributed by atoms with van der Waals surface area (Å²) in [6, 6.07) is 5.82. The zero-order valence-electron chi connectivity index (χ0n) is 17.0. The molecule has 0 radical (unpaired) electrons. The first-order chi connectivity index (χ1) is 12.8. The minimum absolute atomic E-state index is 0.00139. The molecule has 0 fully saturated rings. The number of H-pyrrole nitrogens is 1. The third-order valence-corrected chi connectivity index (χ3v) is 4.56. The number of ketones is 2. The van der Waals surface area contributed by atoms with Crippen molar-refractivity contribution in [3.05, 3.63) is 46.3 Å². The highest BCUT2D eigenvalue weighted by atomic mass is 16.5. The summed E-state index contributed by atoms with van der Waals surface area (Å²) in [6.07, 6.45) is 0. The fourth-order valence-corrected chi connectivity index (χ4v) is 3.43. The van der Waals surface area contributed by atoms with E-state index in [1.165, 1.54) is 6.92 Å². The highest BCUT2D eigenvalue weighted by Crippen LogP contribution is 2.27. The second-order valence-electron chi connectivity index (χ2n) is 6.83. The Balaban J connectivity index is 2.10. The summed E-state index contributed by atoms with van der Waals surface area (Å²) >= 11 is 0. The Kier molecular flexibility index (Phi) is 6.80. The molecule has 6 heteroatoms. The van der Waals surface area contributed by atoms with Crippen molar-refractivity contribution < 1.29 is 24.0 Å². The molecule has 0 saturated carbocycles. The van der Waals surface area contributed by atoms with E-state index in [0.29, 0.717) is 42.5 Å². The van der Waals surface area contributed by atoms with Crippen molar-refractivity contribution in [3.8, 4) is 11.5 Å². The van der Waals surface area contributed by atoms with Gasteiger partial charge in [0.1, 0.15) is 13.1 Å². The number of nitrogens with one attached hydrogen (secondary N) is 2. The zero-order valence-corrected chi connectivity index (χ0v) is 17.0. The number of ether oxygens (including phenoxy) is 2. The molecule has 1 aromatic heterocycles. The van der Waals surface area contributed by atoms with Crippen LogP contribution in [0.15, 0.2) is 18.2 Å². The number of hydrogen-bond donors (Lipinski definition) is 2. The van der Waals surface area contributed by atoms with Crippen LogP contribution in [0.4, 0.5) is 0 Å². The van der Waals surface area contributed by atoms with Gasteiger partial charge in [0.05, 0.1) is 26.5 Å². The lowest BCUT2D eigenvalue weighted by Crippen LogP contribution is -3.08. The standard InChI is InChI=1S/C21H28N2O4/c1-7-27-18-9-8-16(10-19(18)26-6)11-23(5)12-17(25)21-13(2)20(15(4)24)14(3)22-21/h8-10,22H,7,11-12H2,1-6H3/p+1. The molecule has 2 aromatic rings. The fraction of sp³-hybridized carbons (Fsp3) is 0.429. The number of Topliss-reactive ketones (excluding diaryl/α,β-unsaturated/α-hetero) is 2. The lowest BCUT2D eigenvalue weighted by atomic mass is 10.1. The van der Waals surface area contributed by atoms with Gasteiger partial charge in [-0.15, -0.1) is 0 Å². The Morgan fingerprint density at radius 1 is 1.19 bits per heavy atom. The van der Waals surface area contributed by atoms with Crippen molar-refractivity contribution in [1.29, 1.82) is 0 Å². The number of carbonyl (C=O) groups is 2. The van der Waals surface area contributed by atoms with Gasteiger partial charge >= 0.3 is 0 Å². The number of benzene rings is 1. The molecule has 1 aromatic carbocycles. The van der Waals surface area contributed by atoms with Crippen molar-refractivity contribution in [2.45, 2.75) is 34.2 Å². The summed E-state index contributed by atoms with van der Waals surface area (Å²) in [5.41, 5.74) is 3.69. The van der Waals surface area contributed by atoms with Gasteiger partial charge in [0.15, 0.2) is 17.3 Å². The summed E-state index contributed by atoms with van der Waals surface area (Å²) in [5, 5.41) is 0. The average Bonchev–Trinajstić information content (AvgIpc) is 2.90. The number of aromatic nitrogens is 1. The van der Waals surface area contributed by atoms with Crippen molar-refractivity contribution >= 4 is 11.6 Å². The Labute approximate surface area is 160 Å². The second kappa shape index (κ2) is 8.86. The lowest BCUT2D eigenvalue weighted by molar-refractivity contribution is -0.884. The van der Waals surface area contributed by atoms with Crippen molar-refractivity contribution in [2.24, 2.45) is 0 Å². The second-order valence-corrected chi connectivity index (χ2v) is 6.83. The number of rotatable bonds is 9. The summed E-state index contributed by atoms with van der Waals surface area (Å²) in [4.78, 5) is 28.6. The number of hydrogen-bond acceptors (Lipinski definition) is 4. The molecule has 1 atom stereocenters. The van der Waals surface area contributed by atoms with Crippen LogP contribution in [0.2, 0.25) is 0 Å². The Morgan fingerprint density at radius 2 is 1.89 bits per heavy atom. The van der Waals surface area contributed by atoms with E-state index in [-0.39, 0.29) is 11.6 Å². The Hall–Kier alpha value is -2.60. The van der Waals surface area contributed by atoms with Gasteiger partial charge in [0.25, 0.3) is 0 Å². The van der Waals surface area contributed by atoms with E-state index in [1.807, 2.05) is 46.0 Å². The topological polar surface area (TPSA) is 72.8 Å². The number of aromatic amines is 1. The quantitative estimate of drug-likeness (QED) is 0.661. The van der Waals surface area contributed by atoms with E-state index in [9.17, 15) is 9.59 Å². The van der Waals surface area contributed by atoms with Gasteiger partial charge in [-0.1, -0.05) is 0 Å². The van der Waals surface area contributed by atoms with Crippen LogP contribution < -0.4 is 14.4 Å². The van der Waals surface area contributed by atoms with Crippen molar-refractivity contribution in [1.82, 2.24) is 4.98 Å². The molecule has 1 unspecified atom stereocenters. The highest BCUT2D eigenvalue weighted by molar-refractivity contribution is 6.03. The molecule has 2 N–H and O–H groups in total. The summed E-state index contributed by atoms with van der Waals surface area (Å²) in [6.45, 7) is 8.67. The third kappa shape index (κ3) is 4.77. The molecule has 0 amide bonds. The van der Waals surface area contributed by atoms with E-state index in [2.05, 4.69) is 4.98 Å². The Bertz CT molecular complexity index is 839. The molecule has 0 aliphatic heterocycles. The molecule has 0 bridgehead atoms. The third-order valence-electron chi connectivity index (χ3n) is 4.56. The maximum Gasteiger partial charge on any atom is 0.233 e. The van der Waals surface area contributed by atoms with Crippen LogP contribution in [-0.2, 0) is 6.54 Å². The van der Waals surface area contributed by atoms with Crippen LogP contribution in [0.3, 0.4) is 0 Å². The van der Waals surface area contributed by atoms with E-state index in [0.717, 1.165) is 21.7 Å². The monoisotopic (exact) mass is 373 g/mol. The molecule has 0 aliphatic rings. The van der Waals surface area contributed by atoms with Gasteiger partial charge in [-0.05, 0) is 51.5 Å². The molecule has 27 heavy (non-hydrogen) atoms. The summed E-state index contributed by atoms with van der Waals surface area (Å²) < 4.78 is 10.9. The minimum Gasteiger partial charge on any atom is -0.493 e. The first kappa shape index (κ1) is 20.7. The molecule has 146 valence electrons. The number of quaternary nitrogens is 1. The van der Waals surface area contributed by atoms with Gasteiger partial charge < -0.3 is 19.4 Å². The molecule has 0 aliphatic carbocycles. The summed E-state index contributed by atoms with van der Waals surface area (Å²) in [5.74, 6) is 1.38. The van der Waals surface area contributed by atoms with Crippen molar-refractivity contribution in [2.75, 3.05) is 27.3 Å². The largest absolute Gasteiger partial charge is 0.493 e. The van der Waals surface area contributed by atoms with Crippen LogP contribution in [0.25, 0.3) is 0 Å². The van der Waals surface area contributed by atoms with Gasteiger partial charge in [-0.2, -0.15) is 0 Å². The summed E-state index contributed by atoms with van der Waals surface area (Å²) in [7, 11) is 3.59. The van der Waals surface area contributed by atoms with E-state index >= 15 is 0 Å². The first-order valence-electron chi connectivity index (χ1n) is 9.12. The smallest absolute Gasteiger partial charge is 0.233 e. The molecular weight excluding hydrogens is 344 g/mol. The minimum atomic E-state index is -0.0255. The zero-order chi connectivity index (χ0) is 20.1. The van der Waals surface area contributed by atoms with Crippen LogP contribution in [0, 0.1) is 13.8 Å². The van der Waals surface area contributed by atoms with Crippen LogP contribution in [0.1, 0.15) is 51.5 Å². The van der Waals surface area contributed by atoms with Crippen LogP contribution in [-0.4, -0.2) is 43.9 Å². The van der Waals surface area contributed by atoms with Crippen LogP contribution >= 0.6 is 0 Å². The first-order valence-corrected chi connectivity index (χ1v) is 9.12. The normalized spacial score (nSPS) is 11.9. The molecule has 2 rings (SSSR count). The van der Waals surface area contributed by atoms with Gasteiger partial charge in [-0.3, -0.25) is 9.59 Å². The molecule has 0 spiro atoms. The molecule has 6 nitrogen and oxygen atoms in total. The molecular formula is C21H29N2O4+. The van der Waals surface area contributed by atoms with E-state index in [4.69, 9.17) is 9.47 Å². The van der Waals surface area contributed by atoms with Gasteiger partial charge in [0, 0.05) is 16.8 Å². The number of aryl methyl sites for hydroxylation is 1. The maximum absolute atomic E-state index is 12.7.